The van der Waals surface area contributed by atoms with E-state index in [0.717, 1.165) is 42.1 Å². The van der Waals surface area contributed by atoms with E-state index in [1.54, 1.807) is 14.2 Å². The number of rotatable bonds is 13. The maximum absolute atomic E-state index is 10.5. The maximum Gasteiger partial charge on any atom is 0.161 e. The Morgan fingerprint density at radius 2 is 1.66 bits per heavy atom. The smallest absolute Gasteiger partial charge is 0.161 e. The first kappa shape index (κ1) is 23.2. The van der Waals surface area contributed by atoms with Crippen LogP contribution in [0.1, 0.15) is 31.4 Å². The van der Waals surface area contributed by atoms with E-state index in [2.05, 4.69) is 18.7 Å². The first-order valence-corrected chi connectivity index (χ1v) is 10.2. The van der Waals surface area contributed by atoms with Crippen LogP contribution in [0, 0.1) is 5.92 Å². The molecular formula is C24H35NO4. The van der Waals surface area contributed by atoms with Crippen molar-refractivity contribution < 1.29 is 19.3 Å². The summed E-state index contributed by atoms with van der Waals surface area (Å²) in [6, 6.07) is 16.0. The summed E-state index contributed by atoms with van der Waals surface area (Å²) >= 11 is 0. The van der Waals surface area contributed by atoms with Crippen molar-refractivity contribution in [3.05, 3.63) is 59.7 Å². The molecule has 0 saturated heterocycles. The number of hydrogen-bond acceptors (Lipinski definition) is 5. The molecule has 0 aliphatic rings. The molecule has 160 valence electrons. The Morgan fingerprint density at radius 3 is 2.31 bits per heavy atom. The number of hydrogen-bond donors (Lipinski definition) is 1. The molecule has 0 aromatic heterocycles. The molecule has 2 aromatic carbocycles. The molecule has 0 saturated carbocycles. The number of benzene rings is 2. The van der Waals surface area contributed by atoms with Gasteiger partial charge in [0.1, 0.15) is 0 Å². The second-order valence-electron chi connectivity index (χ2n) is 7.76. The van der Waals surface area contributed by atoms with Gasteiger partial charge in [-0.3, -0.25) is 4.90 Å². The van der Waals surface area contributed by atoms with Crippen LogP contribution in [0.5, 0.6) is 11.5 Å². The van der Waals surface area contributed by atoms with Crippen molar-refractivity contribution in [2.24, 2.45) is 5.92 Å². The minimum Gasteiger partial charge on any atom is -0.493 e. The van der Waals surface area contributed by atoms with Crippen LogP contribution >= 0.6 is 0 Å². The van der Waals surface area contributed by atoms with Gasteiger partial charge < -0.3 is 19.3 Å². The van der Waals surface area contributed by atoms with E-state index >= 15 is 0 Å². The fraction of sp³-hybridized carbons (Fsp3) is 0.500. The monoisotopic (exact) mass is 401 g/mol. The zero-order valence-electron chi connectivity index (χ0n) is 18.1. The van der Waals surface area contributed by atoms with E-state index in [0.29, 0.717) is 25.7 Å². The third-order valence-corrected chi connectivity index (χ3v) is 4.77. The predicted molar refractivity (Wildman–Crippen MR) is 116 cm³/mol. The molecule has 1 N–H and O–H groups in total. The fourth-order valence-electron chi connectivity index (χ4n) is 3.15. The number of methoxy groups -OCH3 is 2. The predicted octanol–water partition coefficient (Wildman–Crippen LogP) is 4.13. The van der Waals surface area contributed by atoms with Crippen molar-refractivity contribution in [3.8, 4) is 11.5 Å². The molecule has 1 atom stereocenters. The van der Waals surface area contributed by atoms with Gasteiger partial charge in [0.25, 0.3) is 0 Å². The third kappa shape index (κ3) is 8.44. The van der Waals surface area contributed by atoms with Crippen LogP contribution in [0.3, 0.4) is 0 Å². The Hall–Kier alpha value is -2.08. The van der Waals surface area contributed by atoms with Crippen molar-refractivity contribution >= 4 is 0 Å². The van der Waals surface area contributed by atoms with Crippen LogP contribution in [0.2, 0.25) is 0 Å². The zero-order valence-corrected chi connectivity index (χ0v) is 18.1. The van der Waals surface area contributed by atoms with Gasteiger partial charge in [0.05, 0.1) is 33.5 Å². The minimum absolute atomic E-state index is 0.318. The van der Waals surface area contributed by atoms with Gasteiger partial charge in [0, 0.05) is 13.1 Å². The molecule has 0 radical (unpaired) electrons. The number of ether oxygens (including phenoxy) is 3. The van der Waals surface area contributed by atoms with Gasteiger partial charge in [0.15, 0.2) is 11.5 Å². The van der Waals surface area contributed by atoms with E-state index in [1.165, 1.54) is 0 Å². The molecule has 0 aliphatic carbocycles. The molecular weight excluding hydrogens is 366 g/mol. The SMILES string of the molecule is COc1ccc(CN(CCC(C)C)C[C@H](O)COCc2ccccc2)cc1OC. The minimum atomic E-state index is -0.536. The summed E-state index contributed by atoms with van der Waals surface area (Å²) in [5, 5.41) is 10.5. The summed E-state index contributed by atoms with van der Waals surface area (Å²) in [6.07, 6.45) is 0.538. The fourth-order valence-corrected chi connectivity index (χ4v) is 3.15. The van der Waals surface area contributed by atoms with Crippen LogP contribution in [-0.2, 0) is 17.9 Å². The lowest BCUT2D eigenvalue weighted by molar-refractivity contribution is 0.00788. The highest BCUT2D eigenvalue weighted by Crippen LogP contribution is 2.28. The van der Waals surface area contributed by atoms with Crippen molar-refractivity contribution in [2.75, 3.05) is 33.9 Å². The van der Waals surface area contributed by atoms with Gasteiger partial charge in [-0.2, -0.15) is 0 Å². The lowest BCUT2D eigenvalue weighted by atomic mass is 10.1. The molecule has 2 aromatic rings. The van der Waals surface area contributed by atoms with Gasteiger partial charge >= 0.3 is 0 Å². The van der Waals surface area contributed by atoms with Crippen molar-refractivity contribution in [2.45, 2.75) is 39.5 Å². The summed E-state index contributed by atoms with van der Waals surface area (Å²) in [4.78, 5) is 2.28. The zero-order chi connectivity index (χ0) is 21.1. The standard InChI is InChI=1S/C24H35NO4/c1-19(2)12-13-25(15-21-10-11-23(27-3)24(14-21)28-4)16-22(26)18-29-17-20-8-6-5-7-9-20/h5-11,14,19,22,26H,12-13,15-18H2,1-4H3/t22-/m0/s1. The van der Waals surface area contributed by atoms with E-state index in [1.807, 2.05) is 48.5 Å². The first-order chi connectivity index (χ1) is 14.0. The van der Waals surface area contributed by atoms with E-state index in [-0.39, 0.29) is 0 Å². The molecule has 0 bridgehead atoms. The average molecular weight is 402 g/mol. The normalized spacial score (nSPS) is 12.4. The van der Waals surface area contributed by atoms with Gasteiger partial charge in [-0.1, -0.05) is 50.2 Å². The highest BCUT2D eigenvalue weighted by atomic mass is 16.5. The summed E-state index contributed by atoms with van der Waals surface area (Å²) in [5.41, 5.74) is 2.24. The molecule has 0 spiro atoms. The summed E-state index contributed by atoms with van der Waals surface area (Å²) in [5.74, 6) is 2.05. The number of aliphatic hydroxyl groups is 1. The van der Waals surface area contributed by atoms with Crippen LogP contribution in [-0.4, -0.2) is 50.0 Å². The Bertz CT molecular complexity index is 705. The summed E-state index contributed by atoms with van der Waals surface area (Å²) < 4.78 is 16.5. The molecule has 0 heterocycles. The topological polar surface area (TPSA) is 51.2 Å². The molecule has 0 aliphatic heterocycles. The molecule has 0 amide bonds. The lowest BCUT2D eigenvalue weighted by Gasteiger charge is -2.26. The molecule has 5 heteroatoms. The van der Waals surface area contributed by atoms with Gasteiger partial charge in [-0.05, 0) is 42.1 Å². The van der Waals surface area contributed by atoms with Crippen molar-refractivity contribution in [1.82, 2.24) is 4.90 Å². The van der Waals surface area contributed by atoms with Crippen LogP contribution in [0.25, 0.3) is 0 Å². The first-order valence-electron chi connectivity index (χ1n) is 10.2. The van der Waals surface area contributed by atoms with Crippen LogP contribution in [0.4, 0.5) is 0 Å². The molecule has 5 nitrogen and oxygen atoms in total. The Morgan fingerprint density at radius 1 is 0.931 bits per heavy atom. The molecule has 2 rings (SSSR count). The second kappa shape index (κ2) is 12.5. The summed E-state index contributed by atoms with van der Waals surface area (Å²) in [7, 11) is 3.28. The van der Waals surface area contributed by atoms with Gasteiger partial charge in [0.2, 0.25) is 0 Å². The summed E-state index contributed by atoms with van der Waals surface area (Å²) in [6.45, 7) is 7.49. The molecule has 0 unspecified atom stereocenters. The largest absolute Gasteiger partial charge is 0.493 e. The van der Waals surface area contributed by atoms with E-state index < -0.39 is 6.10 Å². The van der Waals surface area contributed by atoms with E-state index in [4.69, 9.17) is 14.2 Å². The average Bonchev–Trinajstić information content (AvgIpc) is 2.72. The van der Waals surface area contributed by atoms with E-state index in [9.17, 15) is 5.11 Å². The maximum atomic E-state index is 10.5. The highest BCUT2D eigenvalue weighted by molar-refractivity contribution is 5.42. The highest BCUT2D eigenvalue weighted by Gasteiger charge is 2.15. The second-order valence-corrected chi connectivity index (χ2v) is 7.76. The Balaban J connectivity index is 1.92. The Labute approximate surface area is 175 Å². The number of aliphatic hydroxyl groups excluding tert-OH is 1. The lowest BCUT2D eigenvalue weighted by Crippen LogP contribution is -2.35. The molecule has 29 heavy (non-hydrogen) atoms. The quantitative estimate of drug-likeness (QED) is 0.547. The van der Waals surface area contributed by atoms with Gasteiger partial charge in [-0.15, -0.1) is 0 Å². The Kier molecular flexibility index (Phi) is 9.98. The van der Waals surface area contributed by atoms with Crippen LogP contribution < -0.4 is 9.47 Å². The number of nitrogens with zero attached hydrogens (tertiary/aromatic N) is 1. The third-order valence-electron chi connectivity index (χ3n) is 4.77. The molecule has 0 fully saturated rings. The van der Waals surface area contributed by atoms with Crippen LogP contribution in [0.15, 0.2) is 48.5 Å². The van der Waals surface area contributed by atoms with Crippen molar-refractivity contribution in [1.29, 1.82) is 0 Å². The van der Waals surface area contributed by atoms with Gasteiger partial charge in [-0.25, -0.2) is 0 Å². The van der Waals surface area contributed by atoms with Crippen molar-refractivity contribution in [3.63, 3.8) is 0 Å².